The van der Waals surface area contributed by atoms with E-state index in [0.29, 0.717) is 22.5 Å². The van der Waals surface area contributed by atoms with Gasteiger partial charge in [-0.2, -0.15) is 5.10 Å². The molecule has 0 amide bonds. The van der Waals surface area contributed by atoms with Crippen LogP contribution < -0.4 is 5.43 Å². The van der Waals surface area contributed by atoms with Crippen LogP contribution in [0.3, 0.4) is 0 Å². The lowest BCUT2D eigenvalue weighted by molar-refractivity contribution is 0.475. The van der Waals surface area contributed by atoms with Gasteiger partial charge in [0.25, 0.3) is 0 Å². The Hall–Kier alpha value is -3.54. The van der Waals surface area contributed by atoms with Crippen molar-refractivity contribution in [3.05, 3.63) is 65.0 Å². The molecule has 0 saturated carbocycles. The van der Waals surface area contributed by atoms with Crippen molar-refractivity contribution in [2.45, 2.75) is 0 Å². The summed E-state index contributed by atoms with van der Waals surface area (Å²) in [5.74, 6) is 0.0552. The molecule has 2 aromatic heterocycles. The second kappa shape index (κ2) is 5.52. The SMILES string of the molecule is Cn1nc(-c2ccc(O)cc2)cc1-c1coc2cccc(O)c2c1=O. The molecule has 124 valence electrons. The lowest BCUT2D eigenvalue weighted by Crippen LogP contribution is -2.07. The highest BCUT2D eigenvalue weighted by Crippen LogP contribution is 2.28. The highest BCUT2D eigenvalue weighted by atomic mass is 16.3. The highest BCUT2D eigenvalue weighted by molar-refractivity contribution is 5.86. The normalized spacial score (nSPS) is 11.1. The van der Waals surface area contributed by atoms with Gasteiger partial charge in [0, 0.05) is 12.6 Å². The van der Waals surface area contributed by atoms with Gasteiger partial charge < -0.3 is 14.6 Å². The number of nitrogens with zero attached hydrogens (tertiary/aromatic N) is 2. The van der Waals surface area contributed by atoms with Crippen molar-refractivity contribution < 1.29 is 14.6 Å². The molecule has 6 heteroatoms. The Kier molecular flexibility index (Phi) is 3.32. The third-order valence-electron chi connectivity index (χ3n) is 4.10. The van der Waals surface area contributed by atoms with Gasteiger partial charge in [-0.3, -0.25) is 9.48 Å². The molecule has 0 saturated heterocycles. The van der Waals surface area contributed by atoms with E-state index in [9.17, 15) is 15.0 Å². The number of aromatic hydroxyl groups is 2. The number of rotatable bonds is 2. The first-order chi connectivity index (χ1) is 12.0. The average Bonchev–Trinajstić information content (AvgIpc) is 2.97. The number of aryl methyl sites for hydroxylation is 1. The number of fused-ring (bicyclic) bond motifs is 1. The van der Waals surface area contributed by atoms with Gasteiger partial charge in [0.2, 0.25) is 5.43 Å². The fourth-order valence-electron chi connectivity index (χ4n) is 2.83. The van der Waals surface area contributed by atoms with Gasteiger partial charge in [-0.1, -0.05) is 6.07 Å². The van der Waals surface area contributed by atoms with E-state index in [1.54, 1.807) is 54.2 Å². The molecule has 25 heavy (non-hydrogen) atoms. The number of benzene rings is 2. The van der Waals surface area contributed by atoms with E-state index in [0.717, 1.165) is 5.56 Å². The Morgan fingerprint density at radius 1 is 1.08 bits per heavy atom. The van der Waals surface area contributed by atoms with Gasteiger partial charge in [-0.25, -0.2) is 0 Å². The summed E-state index contributed by atoms with van der Waals surface area (Å²) in [6.07, 6.45) is 1.38. The maximum Gasteiger partial charge on any atom is 0.205 e. The summed E-state index contributed by atoms with van der Waals surface area (Å²) in [6, 6.07) is 13.1. The molecule has 0 aliphatic heterocycles. The summed E-state index contributed by atoms with van der Waals surface area (Å²) in [7, 11) is 1.73. The van der Waals surface area contributed by atoms with Crippen LogP contribution in [0.1, 0.15) is 0 Å². The van der Waals surface area contributed by atoms with Gasteiger partial charge in [-0.15, -0.1) is 0 Å². The molecule has 0 atom stereocenters. The van der Waals surface area contributed by atoms with Crippen molar-refractivity contribution in [1.29, 1.82) is 0 Å². The fraction of sp³-hybridized carbons (Fsp3) is 0.0526. The molecule has 4 rings (SSSR count). The van der Waals surface area contributed by atoms with Crippen LogP contribution in [-0.4, -0.2) is 20.0 Å². The Balaban J connectivity index is 1.90. The standard InChI is InChI=1S/C19H14N2O4/c1-21-15(9-14(20-21)11-5-7-12(22)8-6-11)13-10-25-17-4-2-3-16(23)18(17)19(13)24/h2-10,22-23H,1H3. The van der Waals surface area contributed by atoms with Crippen molar-refractivity contribution in [2.75, 3.05) is 0 Å². The first-order valence-corrected chi connectivity index (χ1v) is 7.62. The van der Waals surface area contributed by atoms with Gasteiger partial charge in [0.15, 0.2) is 0 Å². The zero-order chi connectivity index (χ0) is 17.6. The van der Waals surface area contributed by atoms with Crippen LogP contribution in [0, 0.1) is 0 Å². The third kappa shape index (κ3) is 2.44. The molecule has 2 heterocycles. The molecule has 0 radical (unpaired) electrons. The smallest absolute Gasteiger partial charge is 0.205 e. The van der Waals surface area contributed by atoms with E-state index in [1.807, 2.05) is 0 Å². The number of hydrogen-bond acceptors (Lipinski definition) is 5. The summed E-state index contributed by atoms with van der Waals surface area (Å²) < 4.78 is 7.09. The summed E-state index contributed by atoms with van der Waals surface area (Å²) in [6.45, 7) is 0. The summed E-state index contributed by atoms with van der Waals surface area (Å²) >= 11 is 0. The van der Waals surface area contributed by atoms with Crippen molar-refractivity contribution >= 4 is 11.0 Å². The molecule has 4 aromatic rings. The third-order valence-corrected chi connectivity index (χ3v) is 4.10. The van der Waals surface area contributed by atoms with Gasteiger partial charge in [-0.05, 0) is 42.5 Å². The Labute approximate surface area is 142 Å². The minimum Gasteiger partial charge on any atom is -0.508 e. The van der Waals surface area contributed by atoms with Crippen molar-refractivity contribution in [3.63, 3.8) is 0 Å². The minimum atomic E-state index is -0.320. The molecular weight excluding hydrogens is 320 g/mol. The number of hydrogen-bond donors (Lipinski definition) is 2. The predicted octanol–water partition coefficient (Wildman–Crippen LogP) is 3.27. The van der Waals surface area contributed by atoms with Gasteiger partial charge >= 0.3 is 0 Å². The molecule has 0 spiro atoms. The predicted molar refractivity (Wildman–Crippen MR) is 93.5 cm³/mol. The number of phenolic OH excluding ortho intramolecular Hbond substituents is 2. The largest absolute Gasteiger partial charge is 0.508 e. The van der Waals surface area contributed by atoms with Crippen LogP contribution in [0.15, 0.2) is 64.0 Å². The summed E-state index contributed by atoms with van der Waals surface area (Å²) in [5, 5.41) is 24.0. The van der Waals surface area contributed by atoms with E-state index in [1.165, 1.54) is 12.3 Å². The molecule has 0 aliphatic carbocycles. The van der Waals surface area contributed by atoms with E-state index >= 15 is 0 Å². The van der Waals surface area contributed by atoms with Crippen LogP contribution in [0.2, 0.25) is 0 Å². The molecule has 0 aliphatic rings. The first kappa shape index (κ1) is 15.0. The van der Waals surface area contributed by atoms with Crippen LogP contribution >= 0.6 is 0 Å². The molecule has 0 fully saturated rings. The van der Waals surface area contributed by atoms with Crippen molar-refractivity contribution in [3.8, 4) is 34.0 Å². The van der Waals surface area contributed by atoms with E-state index in [2.05, 4.69) is 5.10 Å². The van der Waals surface area contributed by atoms with E-state index in [-0.39, 0.29) is 22.3 Å². The zero-order valence-corrected chi connectivity index (χ0v) is 13.3. The topological polar surface area (TPSA) is 88.5 Å². The van der Waals surface area contributed by atoms with Crippen LogP contribution in [-0.2, 0) is 7.05 Å². The number of aromatic nitrogens is 2. The molecule has 0 bridgehead atoms. The van der Waals surface area contributed by atoms with E-state index < -0.39 is 0 Å². The quantitative estimate of drug-likeness (QED) is 0.587. The fourth-order valence-corrected chi connectivity index (χ4v) is 2.83. The lowest BCUT2D eigenvalue weighted by Gasteiger charge is -2.03. The van der Waals surface area contributed by atoms with Gasteiger partial charge in [0.05, 0.1) is 17.0 Å². The van der Waals surface area contributed by atoms with Gasteiger partial charge in [0.1, 0.15) is 28.7 Å². The highest BCUT2D eigenvalue weighted by Gasteiger charge is 2.16. The molecule has 2 aromatic carbocycles. The Bertz CT molecular complexity index is 1140. The Morgan fingerprint density at radius 3 is 2.60 bits per heavy atom. The average molecular weight is 334 g/mol. The number of phenols is 2. The van der Waals surface area contributed by atoms with Crippen LogP contribution in [0.5, 0.6) is 11.5 Å². The second-order valence-electron chi connectivity index (χ2n) is 5.71. The Morgan fingerprint density at radius 2 is 1.84 bits per heavy atom. The van der Waals surface area contributed by atoms with Crippen molar-refractivity contribution in [1.82, 2.24) is 9.78 Å². The molecule has 0 unspecified atom stereocenters. The zero-order valence-electron chi connectivity index (χ0n) is 13.3. The van der Waals surface area contributed by atoms with E-state index in [4.69, 9.17) is 4.42 Å². The lowest BCUT2D eigenvalue weighted by atomic mass is 10.1. The van der Waals surface area contributed by atoms with Crippen LogP contribution in [0.25, 0.3) is 33.5 Å². The molecule has 2 N–H and O–H groups in total. The first-order valence-electron chi connectivity index (χ1n) is 7.62. The molecule has 6 nitrogen and oxygen atoms in total. The molecular formula is C19H14N2O4. The monoisotopic (exact) mass is 334 g/mol. The summed E-state index contributed by atoms with van der Waals surface area (Å²) in [4.78, 5) is 12.8. The minimum absolute atomic E-state index is 0.117. The van der Waals surface area contributed by atoms with Crippen LogP contribution in [0.4, 0.5) is 0 Å². The second-order valence-corrected chi connectivity index (χ2v) is 5.71. The maximum absolute atomic E-state index is 12.8. The summed E-state index contributed by atoms with van der Waals surface area (Å²) in [5.41, 5.74) is 2.37. The maximum atomic E-state index is 12.8. The van der Waals surface area contributed by atoms with Crippen molar-refractivity contribution in [2.24, 2.45) is 7.05 Å².